The molecule has 2 nitrogen and oxygen atoms in total. The molecule has 0 radical (unpaired) electrons. The minimum atomic E-state index is -4.44. The number of rotatable bonds is 3. The van der Waals surface area contributed by atoms with Crippen molar-refractivity contribution in [1.29, 1.82) is 0 Å². The van der Waals surface area contributed by atoms with Gasteiger partial charge in [-0.05, 0) is 12.5 Å². The second kappa shape index (κ2) is 5.21. The van der Waals surface area contributed by atoms with Gasteiger partial charge in [-0.15, -0.1) is 0 Å². The second-order valence-electron chi connectivity index (χ2n) is 3.99. The van der Waals surface area contributed by atoms with Crippen LogP contribution >= 0.6 is 0 Å². The van der Waals surface area contributed by atoms with E-state index < -0.39 is 18.1 Å². The van der Waals surface area contributed by atoms with Crippen LogP contribution in [0.1, 0.15) is 18.1 Å². The highest BCUT2D eigenvalue weighted by atomic mass is 19.4. The van der Waals surface area contributed by atoms with Crippen LogP contribution in [-0.4, -0.2) is 18.1 Å². The van der Waals surface area contributed by atoms with Crippen molar-refractivity contribution in [2.24, 2.45) is 0 Å². The molecule has 1 aromatic rings. The Morgan fingerprint density at radius 3 is 2.53 bits per heavy atom. The van der Waals surface area contributed by atoms with Crippen LogP contribution in [0.3, 0.4) is 0 Å². The lowest BCUT2D eigenvalue weighted by Crippen LogP contribution is -2.46. The molecule has 0 spiro atoms. The first-order valence-electron chi connectivity index (χ1n) is 5.18. The fourth-order valence-corrected chi connectivity index (χ4v) is 1.57. The van der Waals surface area contributed by atoms with E-state index in [0.29, 0.717) is 5.56 Å². The maximum Gasteiger partial charge on any atom is 0.408 e. The zero-order valence-corrected chi connectivity index (χ0v) is 9.64. The molecule has 1 unspecified atom stereocenters. The number of carbonyl (C=O) groups excluding carboxylic acids is 1. The molecule has 0 fully saturated rings. The van der Waals surface area contributed by atoms with Crippen LogP contribution in [-0.2, 0) is 11.2 Å². The second-order valence-corrected chi connectivity index (χ2v) is 3.99. The standard InChI is InChI=1S/C12H14F3NO/c1-8-4-3-5-10(6-8)7-11(12(13,14)15)16-9(2)17/h3-6,11H,7H2,1-2H3,(H,16,17). The molecule has 0 bridgehead atoms. The van der Waals surface area contributed by atoms with E-state index in [-0.39, 0.29) is 6.42 Å². The van der Waals surface area contributed by atoms with Crippen LogP contribution in [0, 0.1) is 6.92 Å². The molecule has 0 saturated carbocycles. The summed E-state index contributed by atoms with van der Waals surface area (Å²) >= 11 is 0. The molecule has 0 aromatic heterocycles. The Labute approximate surface area is 97.8 Å². The molecule has 0 aliphatic carbocycles. The molecule has 94 valence electrons. The Bertz CT molecular complexity index is 401. The summed E-state index contributed by atoms with van der Waals surface area (Å²) < 4.78 is 38.0. The molecule has 17 heavy (non-hydrogen) atoms. The molecule has 0 aliphatic rings. The lowest BCUT2D eigenvalue weighted by molar-refractivity contribution is -0.160. The Balaban J connectivity index is 2.83. The molecule has 1 N–H and O–H groups in total. The monoisotopic (exact) mass is 245 g/mol. The minimum absolute atomic E-state index is 0.245. The largest absolute Gasteiger partial charge is 0.408 e. The van der Waals surface area contributed by atoms with E-state index in [4.69, 9.17) is 0 Å². The van der Waals surface area contributed by atoms with Crippen LogP contribution in [0.5, 0.6) is 0 Å². The molecular weight excluding hydrogens is 231 g/mol. The number of alkyl halides is 3. The molecular formula is C12H14F3NO. The van der Waals surface area contributed by atoms with Gasteiger partial charge >= 0.3 is 6.18 Å². The van der Waals surface area contributed by atoms with E-state index in [1.165, 1.54) is 0 Å². The van der Waals surface area contributed by atoms with Gasteiger partial charge in [0.25, 0.3) is 0 Å². The summed E-state index contributed by atoms with van der Waals surface area (Å²) in [7, 11) is 0. The van der Waals surface area contributed by atoms with Crippen LogP contribution < -0.4 is 5.32 Å². The summed E-state index contributed by atoms with van der Waals surface area (Å²) in [5, 5.41) is 1.92. The highest BCUT2D eigenvalue weighted by molar-refractivity contribution is 5.73. The van der Waals surface area contributed by atoms with Gasteiger partial charge in [-0.25, -0.2) is 0 Å². The van der Waals surface area contributed by atoms with Gasteiger partial charge in [-0.3, -0.25) is 4.79 Å². The fourth-order valence-electron chi connectivity index (χ4n) is 1.57. The van der Waals surface area contributed by atoms with E-state index >= 15 is 0 Å². The summed E-state index contributed by atoms with van der Waals surface area (Å²) in [5.74, 6) is -0.681. The molecule has 0 saturated heterocycles. The number of nitrogens with one attached hydrogen (secondary N) is 1. The molecule has 0 heterocycles. The molecule has 1 amide bonds. The molecule has 1 atom stereocenters. The van der Waals surface area contributed by atoms with Gasteiger partial charge in [0.2, 0.25) is 5.91 Å². The summed E-state index contributed by atoms with van der Waals surface area (Å²) in [6, 6.07) is 4.98. The van der Waals surface area contributed by atoms with E-state index in [1.54, 1.807) is 18.2 Å². The lowest BCUT2D eigenvalue weighted by atomic mass is 10.0. The van der Waals surface area contributed by atoms with Crippen molar-refractivity contribution in [3.05, 3.63) is 35.4 Å². The first-order chi connectivity index (χ1) is 7.79. The predicted molar refractivity (Wildman–Crippen MR) is 58.5 cm³/mol. The molecule has 5 heteroatoms. The number of halogens is 3. The lowest BCUT2D eigenvalue weighted by Gasteiger charge is -2.21. The third-order valence-corrected chi connectivity index (χ3v) is 2.29. The summed E-state index contributed by atoms with van der Waals surface area (Å²) in [6.45, 7) is 2.89. The first-order valence-corrected chi connectivity index (χ1v) is 5.18. The highest BCUT2D eigenvalue weighted by Gasteiger charge is 2.40. The Kier molecular flexibility index (Phi) is 4.15. The predicted octanol–water partition coefficient (Wildman–Crippen LogP) is 2.60. The molecule has 1 rings (SSSR count). The summed E-state index contributed by atoms with van der Waals surface area (Å²) in [6.07, 6.45) is -4.68. The number of benzene rings is 1. The van der Waals surface area contributed by atoms with Gasteiger partial charge in [-0.1, -0.05) is 29.8 Å². The quantitative estimate of drug-likeness (QED) is 0.871. The summed E-state index contributed by atoms with van der Waals surface area (Å²) in [5.41, 5.74) is 1.45. The van der Waals surface area contributed by atoms with Gasteiger partial charge in [0.1, 0.15) is 6.04 Å². The van der Waals surface area contributed by atoms with Crippen LogP contribution in [0.2, 0.25) is 0 Å². The zero-order valence-electron chi connectivity index (χ0n) is 9.64. The van der Waals surface area contributed by atoms with Crippen molar-refractivity contribution in [2.45, 2.75) is 32.5 Å². The SMILES string of the molecule is CC(=O)NC(Cc1cccc(C)c1)C(F)(F)F. The van der Waals surface area contributed by atoms with Gasteiger partial charge < -0.3 is 5.32 Å². The van der Waals surface area contributed by atoms with E-state index in [1.807, 2.05) is 18.3 Å². The van der Waals surface area contributed by atoms with Crippen LogP contribution in [0.4, 0.5) is 13.2 Å². The van der Waals surface area contributed by atoms with Crippen LogP contribution in [0.15, 0.2) is 24.3 Å². The smallest absolute Gasteiger partial charge is 0.344 e. The highest BCUT2D eigenvalue weighted by Crippen LogP contribution is 2.23. The average molecular weight is 245 g/mol. The minimum Gasteiger partial charge on any atom is -0.344 e. The van der Waals surface area contributed by atoms with E-state index in [9.17, 15) is 18.0 Å². The third-order valence-electron chi connectivity index (χ3n) is 2.29. The molecule has 1 aromatic carbocycles. The number of carbonyl (C=O) groups is 1. The van der Waals surface area contributed by atoms with Crippen molar-refractivity contribution in [3.63, 3.8) is 0 Å². The molecule has 0 aliphatic heterocycles. The van der Waals surface area contributed by atoms with Crippen molar-refractivity contribution in [3.8, 4) is 0 Å². The summed E-state index contributed by atoms with van der Waals surface area (Å²) in [4.78, 5) is 10.7. The number of hydrogen-bond donors (Lipinski definition) is 1. The number of aryl methyl sites for hydroxylation is 1. The van der Waals surface area contributed by atoms with E-state index in [0.717, 1.165) is 12.5 Å². The van der Waals surface area contributed by atoms with Gasteiger partial charge in [0.05, 0.1) is 0 Å². The van der Waals surface area contributed by atoms with Crippen molar-refractivity contribution in [1.82, 2.24) is 5.32 Å². The maximum absolute atomic E-state index is 12.7. The Morgan fingerprint density at radius 2 is 2.06 bits per heavy atom. The fraction of sp³-hybridized carbons (Fsp3) is 0.417. The average Bonchev–Trinajstić information content (AvgIpc) is 2.14. The van der Waals surface area contributed by atoms with Gasteiger partial charge in [0, 0.05) is 13.3 Å². The number of hydrogen-bond acceptors (Lipinski definition) is 1. The van der Waals surface area contributed by atoms with Crippen LogP contribution in [0.25, 0.3) is 0 Å². The normalized spacial score (nSPS) is 13.2. The Hall–Kier alpha value is -1.52. The topological polar surface area (TPSA) is 29.1 Å². The van der Waals surface area contributed by atoms with Gasteiger partial charge in [-0.2, -0.15) is 13.2 Å². The van der Waals surface area contributed by atoms with Crippen molar-refractivity contribution >= 4 is 5.91 Å². The van der Waals surface area contributed by atoms with Crippen molar-refractivity contribution in [2.75, 3.05) is 0 Å². The third kappa shape index (κ3) is 4.46. The Morgan fingerprint density at radius 1 is 1.41 bits per heavy atom. The first kappa shape index (κ1) is 13.5. The zero-order chi connectivity index (χ0) is 13.1. The van der Waals surface area contributed by atoms with Gasteiger partial charge in [0.15, 0.2) is 0 Å². The van der Waals surface area contributed by atoms with Crippen molar-refractivity contribution < 1.29 is 18.0 Å². The van der Waals surface area contributed by atoms with E-state index in [2.05, 4.69) is 0 Å². The maximum atomic E-state index is 12.7. The number of amides is 1.